The minimum absolute atomic E-state index is 0.0378. The van der Waals surface area contributed by atoms with Crippen molar-refractivity contribution >= 4 is 44.8 Å². The highest BCUT2D eigenvalue weighted by molar-refractivity contribution is 7.89. The van der Waals surface area contributed by atoms with Gasteiger partial charge in [-0.3, -0.25) is 4.79 Å². The summed E-state index contributed by atoms with van der Waals surface area (Å²) >= 11 is 11.8. The van der Waals surface area contributed by atoms with E-state index in [0.717, 1.165) is 5.56 Å². The molecule has 6 nitrogen and oxygen atoms in total. The Morgan fingerprint density at radius 3 is 2.46 bits per heavy atom. The van der Waals surface area contributed by atoms with E-state index in [9.17, 15) is 13.2 Å². The second kappa shape index (κ2) is 8.26. The second-order valence-electron chi connectivity index (χ2n) is 5.61. The summed E-state index contributed by atoms with van der Waals surface area (Å²) in [5.74, 6) is -0.374. The van der Waals surface area contributed by atoms with Gasteiger partial charge in [0.15, 0.2) is 0 Å². The van der Waals surface area contributed by atoms with Gasteiger partial charge in [0, 0.05) is 5.02 Å². The number of aryl methyl sites for hydroxylation is 1. The van der Waals surface area contributed by atoms with Crippen LogP contribution in [0, 0.1) is 6.92 Å². The highest BCUT2D eigenvalue weighted by atomic mass is 35.5. The Labute approximate surface area is 162 Å². The standard InChI is InChI=1S/C17H18Cl2N2O4S/c1-10-4-7-15(25-3)16(8-10)26(23,24)21-11(2)17(22)20-14-6-5-12(18)9-13(14)19/h4-9,11,21H,1-3H3,(H,20,22). The third kappa shape index (κ3) is 4.88. The van der Waals surface area contributed by atoms with Crippen LogP contribution in [0.25, 0.3) is 0 Å². The summed E-state index contributed by atoms with van der Waals surface area (Å²) in [6.07, 6.45) is 0. The molecule has 1 amide bonds. The number of anilines is 1. The van der Waals surface area contributed by atoms with Crippen LogP contribution in [0.4, 0.5) is 5.69 Å². The first-order valence-electron chi connectivity index (χ1n) is 7.57. The predicted octanol–water partition coefficient (Wildman–Crippen LogP) is 3.62. The molecule has 0 fully saturated rings. The molecule has 0 saturated heterocycles. The third-order valence-electron chi connectivity index (χ3n) is 3.52. The van der Waals surface area contributed by atoms with E-state index >= 15 is 0 Å². The van der Waals surface area contributed by atoms with Crippen LogP contribution in [-0.4, -0.2) is 27.5 Å². The quantitative estimate of drug-likeness (QED) is 0.752. The van der Waals surface area contributed by atoms with E-state index in [1.165, 1.54) is 32.2 Å². The molecule has 0 aliphatic rings. The maximum Gasteiger partial charge on any atom is 0.244 e. The lowest BCUT2D eigenvalue weighted by Crippen LogP contribution is -2.41. The monoisotopic (exact) mass is 416 g/mol. The topological polar surface area (TPSA) is 84.5 Å². The molecular weight excluding hydrogens is 399 g/mol. The summed E-state index contributed by atoms with van der Waals surface area (Å²) in [7, 11) is -2.59. The minimum atomic E-state index is -3.97. The van der Waals surface area contributed by atoms with Gasteiger partial charge in [0.1, 0.15) is 10.6 Å². The van der Waals surface area contributed by atoms with E-state index in [4.69, 9.17) is 27.9 Å². The number of nitrogens with one attached hydrogen (secondary N) is 2. The predicted molar refractivity (Wildman–Crippen MR) is 103 cm³/mol. The van der Waals surface area contributed by atoms with Gasteiger partial charge < -0.3 is 10.1 Å². The van der Waals surface area contributed by atoms with Gasteiger partial charge in [0.05, 0.1) is 23.9 Å². The van der Waals surface area contributed by atoms with Crippen molar-refractivity contribution in [3.05, 3.63) is 52.0 Å². The van der Waals surface area contributed by atoms with Crippen LogP contribution in [0.5, 0.6) is 5.75 Å². The minimum Gasteiger partial charge on any atom is -0.495 e. The zero-order valence-electron chi connectivity index (χ0n) is 14.3. The number of halogens is 2. The molecule has 2 N–H and O–H groups in total. The smallest absolute Gasteiger partial charge is 0.244 e. The molecule has 0 heterocycles. The SMILES string of the molecule is COc1ccc(C)cc1S(=O)(=O)NC(C)C(=O)Nc1ccc(Cl)cc1Cl. The molecule has 0 radical (unpaired) electrons. The van der Waals surface area contributed by atoms with Crippen LogP contribution in [-0.2, 0) is 14.8 Å². The molecule has 26 heavy (non-hydrogen) atoms. The maximum absolute atomic E-state index is 12.6. The van der Waals surface area contributed by atoms with Gasteiger partial charge in [-0.25, -0.2) is 8.42 Å². The summed E-state index contributed by atoms with van der Waals surface area (Å²) in [5.41, 5.74) is 1.08. The number of methoxy groups -OCH3 is 1. The molecular formula is C17H18Cl2N2O4S. The van der Waals surface area contributed by atoms with E-state index in [2.05, 4.69) is 10.0 Å². The number of benzene rings is 2. The van der Waals surface area contributed by atoms with E-state index in [-0.39, 0.29) is 15.7 Å². The molecule has 140 valence electrons. The molecule has 0 spiro atoms. The first kappa shape index (κ1) is 20.5. The molecule has 9 heteroatoms. The first-order valence-corrected chi connectivity index (χ1v) is 9.81. The van der Waals surface area contributed by atoms with Gasteiger partial charge in [-0.05, 0) is 49.7 Å². The van der Waals surface area contributed by atoms with Crippen molar-refractivity contribution in [1.82, 2.24) is 4.72 Å². The van der Waals surface area contributed by atoms with Gasteiger partial charge in [0.25, 0.3) is 0 Å². The molecule has 0 saturated carbocycles. The summed E-state index contributed by atoms with van der Waals surface area (Å²) in [6, 6.07) is 8.30. The second-order valence-corrected chi connectivity index (χ2v) is 8.14. The Kier molecular flexibility index (Phi) is 6.52. The Morgan fingerprint density at radius 1 is 1.15 bits per heavy atom. The van der Waals surface area contributed by atoms with Crippen molar-refractivity contribution in [2.45, 2.75) is 24.8 Å². The van der Waals surface area contributed by atoms with Crippen LogP contribution in [0.15, 0.2) is 41.3 Å². The van der Waals surface area contributed by atoms with Gasteiger partial charge >= 0.3 is 0 Å². The zero-order valence-corrected chi connectivity index (χ0v) is 16.7. The number of carbonyl (C=O) groups excluding carboxylic acids is 1. The highest BCUT2D eigenvalue weighted by Crippen LogP contribution is 2.26. The number of hydrogen-bond acceptors (Lipinski definition) is 4. The number of amides is 1. The summed E-state index contributed by atoms with van der Waals surface area (Å²) in [6.45, 7) is 3.19. The number of sulfonamides is 1. The van der Waals surface area contributed by atoms with Crippen LogP contribution >= 0.6 is 23.2 Å². The maximum atomic E-state index is 12.6. The molecule has 1 atom stereocenters. The zero-order chi connectivity index (χ0) is 19.5. The van der Waals surface area contributed by atoms with Gasteiger partial charge in [-0.15, -0.1) is 0 Å². The average molecular weight is 417 g/mol. The fraction of sp³-hybridized carbons (Fsp3) is 0.235. The number of hydrogen-bond donors (Lipinski definition) is 2. The number of ether oxygens (including phenoxy) is 1. The van der Waals surface area contributed by atoms with Gasteiger partial charge in [-0.2, -0.15) is 4.72 Å². The Bertz CT molecular complexity index is 932. The summed E-state index contributed by atoms with van der Waals surface area (Å²) < 4.78 is 32.7. The largest absolute Gasteiger partial charge is 0.495 e. The van der Waals surface area contributed by atoms with Crippen molar-refractivity contribution in [1.29, 1.82) is 0 Å². The third-order valence-corrected chi connectivity index (χ3v) is 5.63. The molecule has 2 rings (SSSR count). The van der Waals surface area contributed by atoms with Crippen LogP contribution in [0.3, 0.4) is 0 Å². The molecule has 0 aliphatic carbocycles. The average Bonchev–Trinajstić information content (AvgIpc) is 2.56. The van der Waals surface area contributed by atoms with Crippen molar-refractivity contribution in [2.75, 3.05) is 12.4 Å². The molecule has 0 bridgehead atoms. The lowest BCUT2D eigenvalue weighted by atomic mass is 10.2. The van der Waals surface area contributed by atoms with E-state index in [1.807, 2.05) is 0 Å². The summed E-state index contributed by atoms with van der Waals surface area (Å²) in [4.78, 5) is 12.3. The lowest BCUT2D eigenvalue weighted by molar-refractivity contribution is -0.117. The van der Waals surface area contributed by atoms with E-state index in [1.54, 1.807) is 25.1 Å². The van der Waals surface area contributed by atoms with Crippen LogP contribution < -0.4 is 14.8 Å². The van der Waals surface area contributed by atoms with Crippen molar-refractivity contribution in [3.63, 3.8) is 0 Å². The fourth-order valence-corrected chi connectivity index (χ4v) is 4.09. The molecule has 2 aromatic carbocycles. The van der Waals surface area contributed by atoms with Gasteiger partial charge in [-0.1, -0.05) is 29.3 Å². The number of rotatable bonds is 6. The highest BCUT2D eigenvalue weighted by Gasteiger charge is 2.25. The summed E-state index contributed by atoms with van der Waals surface area (Å²) in [5, 5.41) is 3.24. The molecule has 1 unspecified atom stereocenters. The normalized spacial score (nSPS) is 12.5. The Morgan fingerprint density at radius 2 is 1.85 bits per heavy atom. The van der Waals surface area contributed by atoms with Crippen molar-refractivity contribution in [3.8, 4) is 5.75 Å². The Hall–Kier alpha value is -1.80. The fourth-order valence-electron chi connectivity index (χ4n) is 2.18. The van der Waals surface area contributed by atoms with Crippen molar-refractivity contribution < 1.29 is 17.9 Å². The van der Waals surface area contributed by atoms with E-state index in [0.29, 0.717) is 10.7 Å². The van der Waals surface area contributed by atoms with Crippen LogP contribution in [0.1, 0.15) is 12.5 Å². The molecule has 0 aromatic heterocycles. The van der Waals surface area contributed by atoms with Gasteiger partial charge in [0.2, 0.25) is 15.9 Å². The van der Waals surface area contributed by atoms with Crippen molar-refractivity contribution in [2.24, 2.45) is 0 Å². The molecule has 0 aliphatic heterocycles. The van der Waals surface area contributed by atoms with E-state index < -0.39 is 22.0 Å². The molecule has 2 aromatic rings. The first-order chi connectivity index (χ1) is 12.1. The lowest BCUT2D eigenvalue weighted by Gasteiger charge is -2.17. The number of carbonyl (C=O) groups is 1. The van der Waals surface area contributed by atoms with Crippen LogP contribution in [0.2, 0.25) is 10.0 Å². The Balaban J connectivity index is 2.18.